The molecule has 0 spiro atoms. The molecule has 1 fully saturated rings. The molecule has 4 rings (SSSR count). The number of fused-ring (bicyclic) bond motifs is 1. The molecule has 30 heavy (non-hydrogen) atoms. The van der Waals surface area contributed by atoms with E-state index in [2.05, 4.69) is 10.2 Å². The summed E-state index contributed by atoms with van der Waals surface area (Å²) >= 11 is 7.56. The van der Waals surface area contributed by atoms with Gasteiger partial charge in [-0.25, -0.2) is 9.97 Å². The van der Waals surface area contributed by atoms with Gasteiger partial charge in [0.05, 0.1) is 23.4 Å². The van der Waals surface area contributed by atoms with Gasteiger partial charge >= 0.3 is 0 Å². The number of piperidine rings is 1. The highest BCUT2D eigenvalue weighted by Crippen LogP contribution is 2.30. The van der Waals surface area contributed by atoms with Crippen LogP contribution in [0.25, 0.3) is 10.9 Å². The zero-order valence-electron chi connectivity index (χ0n) is 16.7. The topological polar surface area (TPSA) is 67.3 Å². The lowest BCUT2D eigenvalue weighted by molar-refractivity contribution is -0.113. The zero-order chi connectivity index (χ0) is 20.9. The Balaban J connectivity index is 1.50. The van der Waals surface area contributed by atoms with E-state index in [-0.39, 0.29) is 11.7 Å². The van der Waals surface area contributed by atoms with Crippen LogP contribution in [0.15, 0.2) is 47.5 Å². The second-order valence-electron chi connectivity index (χ2n) is 7.08. The van der Waals surface area contributed by atoms with Crippen molar-refractivity contribution < 1.29 is 9.53 Å². The minimum absolute atomic E-state index is 0.122. The third-order valence-electron chi connectivity index (χ3n) is 4.97. The average Bonchev–Trinajstić information content (AvgIpc) is 2.78. The number of nitrogens with one attached hydrogen (secondary N) is 1. The van der Waals surface area contributed by atoms with Crippen molar-refractivity contribution in [3.8, 4) is 5.75 Å². The van der Waals surface area contributed by atoms with Gasteiger partial charge < -0.3 is 15.0 Å². The molecule has 0 aliphatic carbocycles. The smallest absolute Gasteiger partial charge is 0.234 e. The van der Waals surface area contributed by atoms with E-state index in [1.54, 1.807) is 25.3 Å². The molecule has 3 aromatic rings. The predicted octanol–water partition coefficient (Wildman–Crippen LogP) is 5.01. The van der Waals surface area contributed by atoms with Crippen LogP contribution in [0.1, 0.15) is 19.3 Å². The van der Waals surface area contributed by atoms with Crippen molar-refractivity contribution in [2.75, 3.05) is 36.2 Å². The molecule has 1 saturated heterocycles. The van der Waals surface area contributed by atoms with Crippen LogP contribution in [0.3, 0.4) is 0 Å². The van der Waals surface area contributed by atoms with E-state index in [1.165, 1.54) is 18.2 Å². The molecule has 0 atom stereocenters. The van der Waals surface area contributed by atoms with Gasteiger partial charge in [-0.1, -0.05) is 41.6 Å². The number of ether oxygens (including phenoxy) is 1. The number of para-hydroxylation sites is 1. The molecule has 1 amide bonds. The Labute approximate surface area is 185 Å². The van der Waals surface area contributed by atoms with Crippen molar-refractivity contribution in [3.63, 3.8) is 0 Å². The summed E-state index contributed by atoms with van der Waals surface area (Å²) in [6.45, 7) is 1.95. The Bertz CT molecular complexity index is 1060. The van der Waals surface area contributed by atoms with E-state index in [0.717, 1.165) is 47.8 Å². The summed E-state index contributed by atoms with van der Waals surface area (Å²) in [7, 11) is 1.56. The third kappa shape index (κ3) is 4.79. The Kier molecular flexibility index (Phi) is 6.59. The molecule has 1 aliphatic heterocycles. The van der Waals surface area contributed by atoms with E-state index in [1.807, 2.05) is 24.3 Å². The summed E-state index contributed by atoms with van der Waals surface area (Å²) in [4.78, 5) is 24.3. The summed E-state index contributed by atoms with van der Waals surface area (Å²) in [5.41, 5.74) is 1.53. The van der Waals surface area contributed by atoms with Gasteiger partial charge in [0.15, 0.2) is 0 Å². The van der Waals surface area contributed by atoms with Gasteiger partial charge in [0, 0.05) is 24.2 Å². The van der Waals surface area contributed by atoms with Crippen molar-refractivity contribution in [3.05, 3.63) is 47.5 Å². The minimum Gasteiger partial charge on any atom is -0.495 e. The lowest BCUT2D eigenvalue weighted by Gasteiger charge is -2.27. The van der Waals surface area contributed by atoms with Crippen LogP contribution in [-0.2, 0) is 4.79 Å². The number of anilines is 2. The number of benzene rings is 2. The predicted molar refractivity (Wildman–Crippen MR) is 123 cm³/mol. The number of halogens is 1. The number of carbonyl (C=O) groups excluding carboxylic acids is 1. The lowest BCUT2D eigenvalue weighted by atomic mass is 10.1. The van der Waals surface area contributed by atoms with E-state index in [4.69, 9.17) is 26.3 Å². The van der Waals surface area contributed by atoms with Crippen LogP contribution >= 0.6 is 23.4 Å². The fourth-order valence-electron chi connectivity index (χ4n) is 3.46. The first-order chi connectivity index (χ1) is 14.6. The molecule has 0 radical (unpaired) electrons. The summed E-state index contributed by atoms with van der Waals surface area (Å²) in [5.74, 6) is 1.44. The molecule has 8 heteroatoms. The SMILES string of the molecule is COc1ccc(NC(=O)CSc2nc(N3CCCCC3)nc3ccccc23)cc1Cl. The largest absolute Gasteiger partial charge is 0.495 e. The fourth-order valence-corrected chi connectivity index (χ4v) is 4.53. The van der Waals surface area contributed by atoms with E-state index in [0.29, 0.717) is 16.5 Å². The number of amides is 1. The third-order valence-corrected chi connectivity index (χ3v) is 6.26. The summed E-state index contributed by atoms with van der Waals surface area (Å²) < 4.78 is 5.15. The number of aromatic nitrogens is 2. The van der Waals surface area contributed by atoms with Crippen LogP contribution in [0.5, 0.6) is 5.75 Å². The summed E-state index contributed by atoms with van der Waals surface area (Å²) in [5, 5.41) is 5.12. The van der Waals surface area contributed by atoms with Crippen LogP contribution in [0.4, 0.5) is 11.6 Å². The van der Waals surface area contributed by atoms with Gasteiger partial charge in [-0.15, -0.1) is 0 Å². The standard InChI is InChI=1S/C22H23ClN4O2S/c1-29-19-10-9-15(13-17(19)23)24-20(28)14-30-21-16-7-3-4-8-18(16)25-22(26-21)27-11-5-2-6-12-27/h3-4,7-10,13H,2,5-6,11-12,14H2,1H3,(H,24,28). The van der Waals surface area contributed by atoms with Gasteiger partial charge in [0.2, 0.25) is 11.9 Å². The first-order valence-corrected chi connectivity index (χ1v) is 11.3. The number of hydrogen-bond acceptors (Lipinski definition) is 6. The Morgan fingerprint density at radius 3 is 2.73 bits per heavy atom. The number of nitrogens with zero attached hydrogens (tertiary/aromatic N) is 3. The number of thioether (sulfide) groups is 1. The van der Waals surface area contributed by atoms with Crippen molar-refractivity contribution in [2.24, 2.45) is 0 Å². The highest BCUT2D eigenvalue weighted by molar-refractivity contribution is 8.00. The number of rotatable bonds is 6. The molecule has 2 aromatic carbocycles. The fraction of sp³-hybridized carbons (Fsp3) is 0.318. The Morgan fingerprint density at radius 2 is 1.97 bits per heavy atom. The molecule has 156 valence electrons. The highest BCUT2D eigenvalue weighted by Gasteiger charge is 2.17. The van der Waals surface area contributed by atoms with Crippen LogP contribution < -0.4 is 15.0 Å². The molecule has 2 heterocycles. The lowest BCUT2D eigenvalue weighted by Crippen LogP contribution is -2.31. The molecule has 1 N–H and O–H groups in total. The highest BCUT2D eigenvalue weighted by atomic mass is 35.5. The molecule has 0 unspecified atom stereocenters. The normalized spacial score (nSPS) is 14.0. The summed E-state index contributed by atoms with van der Waals surface area (Å²) in [6, 6.07) is 13.1. The van der Waals surface area contributed by atoms with Gasteiger partial charge in [-0.2, -0.15) is 0 Å². The summed E-state index contributed by atoms with van der Waals surface area (Å²) in [6.07, 6.45) is 3.57. The minimum atomic E-state index is -0.122. The van der Waals surface area contributed by atoms with Crippen LogP contribution in [0, 0.1) is 0 Å². The van der Waals surface area contributed by atoms with Crippen molar-refractivity contribution in [1.82, 2.24) is 9.97 Å². The molecule has 0 bridgehead atoms. The van der Waals surface area contributed by atoms with Crippen LogP contribution in [-0.4, -0.2) is 41.8 Å². The Morgan fingerprint density at radius 1 is 1.17 bits per heavy atom. The van der Waals surface area contributed by atoms with Crippen molar-refractivity contribution in [2.45, 2.75) is 24.3 Å². The van der Waals surface area contributed by atoms with Gasteiger partial charge in [-0.05, 0) is 43.5 Å². The molecule has 1 aliphatic rings. The Hall–Kier alpha value is -2.51. The molecule has 6 nitrogen and oxygen atoms in total. The second kappa shape index (κ2) is 9.53. The van der Waals surface area contributed by atoms with Gasteiger partial charge in [0.1, 0.15) is 10.8 Å². The average molecular weight is 443 g/mol. The molecular weight excluding hydrogens is 420 g/mol. The molecule has 0 saturated carbocycles. The first kappa shape index (κ1) is 20.8. The van der Waals surface area contributed by atoms with Crippen molar-refractivity contribution in [1.29, 1.82) is 0 Å². The van der Waals surface area contributed by atoms with Gasteiger partial charge in [0.25, 0.3) is 0 Å². The molecule has 1 aromatic heterocycles. The van der Waals surface area contributed by atoms with E-state index in [9.17, 15) is 4.79 Å². The zero-order valence-corrected chi connectivity index (χ0v) is 18.3. The number of carbonyl (C=O) groups is 1. The second-order valence-corrected chi connectivity index (χ2v) is 8.45. The number of hydrogen-bond donors (Lipinski definition) is 1. The number of methoxy groups -OCH3 is 1. The van der Waals surface area contributed by atoms with E-state index < -0.39 is 0 Å². The quantitative estimate of drug-likeness (QED) is 0.427. The van der Waals surface area contributed by atoms with E-state index >= 15 is 0 Å². The molecular formula is C22H23ClN4O2S. The van der Waals surface area contributed by atoms with Crippen LogP contribution in [0.2, 0.25) is 5.02 Å². The van der Waals surface area contributed by atoms with Gasteiger partial charge in [-0.3, -0.25) is 4.79 Å². The maximum absolute atomic E-state index is 12.5. The van der Waals surface area contributed by atoms with Crippen molar-refractivity contribution >= 4 is 51.8 Å². The maximum Gasteiger partial charge on any atom is 0.234 e. The maximum atomic E-state index is 12.5. The first-order valence-electron chi connectivity index (χ1n) is 9.92. The monoisotopic (exact) mass is 442 g/mol.